The number of nitrogens with zero attached hydrogens (tertiary/aromatic N) is 2. The summed E-state index contributed by atoms with van der Waals surface area (Å²) < 4.78 is 0.822. The molecule has 0 spiro atoms. The molecule has 0 unspecified atom stereocenters. The number of amides is 2. The minimum atomic E-state index is -0.212. The summed E-state index contributed by atoms with van der Waals surface area (Å²) in [5, 5.41) is 22.0. The van der Waals surface area contributed by atoms with Crippen molar-refractivity contribution in [3.63, 3.8) is 0 Å². The Bertz CT molecular complexity index is 971. The number of aliphatic hydroxyl groups excluding tert-OH is 2. The number of carbonyl (C=O) groups is 2. The highest BCUT2D eigenvalue weighted by molar-refractivity contribution is 7.22. The molecule has 0 atom stereocenters. The maximum absolute atomic E-state index is 12.3. The molecule has 1 aromatic heterocycles. The van der Waals surface area contributed by atoms with E-state index in [0.717, 1.165) is 10.3 Å². The molecule has 0 aliphatic carbocycles. The average Bonchev–Trinajstić information content (AvgIpc) is 3.07. The molecule has 2 aromatic carbocycles. The van der Waals surface area contributed by atoms with Crippen LogP contribution in [0.5, 0.6) is 0 Å². The Morgan fingerprint density at radius 2 is 1.71 bits per heavy atom. The van der Waals surface area contributed by atoms with Crippen LogP contribution in [0.2, 0.25) is 0 Å². The molecule has 28 heavy (non-hydrogen) atoms. The first-order chi connectivity index (χ1) is 13.4. The summed E-state index contributed by atoms with van der Waals surface area (Å²) in [5.41, 5.74) is 3.28. The number of rotatable bonds is 6. The molecular formula is C20H21N3O4S. The van der Waals surface area contributed by atoms with Gasteiger partial charge in [0.2, 0.25) is 5.91 Å². The molecule has 3 N–H and O–H groups in total. The normalized spacial score (nSPS) is 10.9. The number of aliphatic hydroxyl groups is 2. The molecule has 8 heteroatoms. The van der Waals surface area contributed by atoms with Crippen LogP contribution in [-0.2, 0) is 24.4 Å². The zero-order valence-corrected chi connectivity index (χ0v) is 16.4. The Labute approximate surface area is 166 Å². The van der Waals surface area contributed by atoms with E-state index in [2.05, 4.69) is 10.3 Å². The Balaban J connectivity index is 1.70. The van der Waals surface area contributed by atoms with Crippen molar-refractivity contribution in [2.45, 2.75) is 19.6 Å². The molecule has 3 aromatic rings. The summed E-state index contributed by atoms with van der Waals surface area (Å²) in [7, 11) is 3.38. The number of aromatic nitrogens is 1. The quantitative estimate of drug-likeness (QED) is 0.589. The third-order valence-corrected chi connectivity index (χ3v) is 5.20. The van der Waals surface area contributed by atoms with Gasteiger partial charge in [-0.05, 0) is 41.0 Å². The van der Waals surface area contributed by atoms with Crippen LogP contribution in [-0.4, -0.2) is 46.0 Å². The third-order valence-electron chi connectivity index (χ3n) is 4.27. The van der Waals surface area contributed by atoms with Gasteiger partial charge in [0.05, 0.1) is 29.9 Å². The smallest absolute Gasteiger partial charge is 0.253 e. The van der Waals surface area contributed by atoms with Crippen molar-refractivity contribution < 1.29 is 19.8 Å². The standard InChI is InChI=1S/C20H21N3O4S/c1-23(2)19(27)13-5-3-12(4-6-13)7-18(26)22-20-21-16-8-14(10-24)15(11-25)9-17(16)28-20/h3-6,8-9,24-25H,7,10-11H2,1-2H3,(H,21,22,26). The van der Waals surface area contributed by atoms with Crippen molar-refractivity contribution in [1.29, 1.82) is 0 Å². The lowest BCUT2D eigenvalue weighted by Crippen LogP contribution is -2.21. The first kappa shape index (κ1) is 19.9. The summed E-state index contributed by atoms with van der Waals surface area (Å²) in [6.07, 6.45) is 0.163. The van der Waals surface area contributed by atoms with Crippen LogP contribution < -0.4 is 5.32 Å². The maximum Gasteiger partial charge on any atom is 0.253 e. The van der Waals surface area contributed by atoms with E-state index >= 15 is 0 Å². The number of benzene rings is 2. The van der Waals surface area contributed by atoms with Crippen molar-refractivity contribution in [2.75, 3.05) is 19.4 Å². The lowest BCUT2D eigenvalue weighted by atomic mass is 10.1. The molecule has 2 amide bonds. The summed E-state index contributed by atoms with van der Waals surface area (Å²) in [6.45, 7) is -0.352. The first-order valence-corrected chi connectivity index (χ1v) is 9.47. The fraction of sp³-hybridized carbons (Fsp3) is 0.250. The van der Waals surface area contributed by atoms with Crippen LogP contribution in [0, 0.1) is 0 Å². The molecule has 3 rings (SSSR count). The van der Waals surface area contributed by atoms with Gasteiger partial charge < -0.3 is 20.4 Å². The lowest BCUT2D eigenvalue weighted by Gasteiger charge is -2.10. The molecule has 0 bridgehead atoms. The number of carbonyl (C=O) groups excluding carboxylic acids is 2. The molecule has 0 radical (unpaired) electrons. The SMILES string of the molecule is CN(C)C(=O)c1ccc(CC(=O)Nc2nc3cc(CO)c(CO)cc3s2)cc1. The van der Waals surface area contributed by atoms with E-state index in [-0.39, 0.29) is 31.4 Å². The Morgan fingerprint density at radius 3 is 2.32 bits per heavy atom. The Hall–Kier alpha value is -2.81. The summed E-state index contributed by atoms with van der Waals surface area (Å²) >= 11 is 1.31. The van der Waals surface area contributed by atoms with Crippen molar-refractivity contribution in [3.8, 4) is 0 Å². The van der Waals surface area contributed by atoms with Gasteiger partial charge in [-0.3, -0.25) is 9.59 Å². The van der Waals surface area contributed by atoms with E-state index in [9.17, 15) is 19.8 Å². The molecule has 0 saturated carbocycles. The average molecular weight is 399 g/mol. The number of nitrogens with one attached hydrogen (secondary N) is 1. The van der Waals surface area contributed by atoms with Gasteiger partial charge in [0.15, 0.2) is 5.13 Å². The zero-order chi connectivity index (χ0) is 20.3. The summed E-state index contributed by atoms with van der Waals surface area (Å²) in [6, 6.07) is 10.4. The van der Waals surface area contributed by atoms with Crippen LogP contribution in [0.15, 0.2) is 36.4 Å². The van der Waals surface area contributed by atoms with Crippen LogP contribution in [0.25, 0.3) is 10.2 Å². The van der Waals surface area contributed by atoms with E-state index < -0.39 is 0 Å². The monoisotopic (exact) mass is 399 g/mol. The van der Waals surface area contributed by atoms with Crippen molar-refractivity contribution in [2.24, 2.45) is 0 Å². The maximum atomic E-state index is 12.3. The van der Waals surface area contributed by atoms with Crippen molar-refractivity contribution in [3.05, 3.63) is 58.7 Å². The highest BCUT2D eigenvalue weighted by atomic mass is 32.1. The minimum Gasteiger partial charge on any atom is -0.392 e. The first-order valence-electron chi connectivity index (χ1n) is 8.65. The lowest BCUT2D eigenvalue weighted by molar-refractivity contribution is -0.115. The molecular weight excluding hydrogens is 378 g/mol. The summed E-state index contributed by atoms with van der Waals surface area (Å²) in [4.78, 5) is 30.1. The van der Waals surface area contributed by atoms with Crippen LogP contribution in [0.1, 0.15) is 27.0 Å². The highest BCUT2D eigenvalue weighted by Crippen LogP contribution is 2.29. The van der Waals surface area contributed by atoms with Crippen LogP contribution in [0.4, 0.5) is 5.13 Å². The second-order valence-corrected chi connectivity index (χ2v) is 7.58. The molecule has 1 heterocycles. The number of hydrogen-bond acceptors (Lipinski definition) is 6. The number of thiazole rings is 1. The third kappa shape index (κ3) is 4.36. The van der Waals surface area contributed by atoms with Crippen LogP contribution in [0.3, 0.4) is 0 Å². The fourth-order valence-electron chi connectivity index (χ4n) is 2.78. The Morgan fingerprint density at radius 1 is 1.07 bits per heavy atom. The fourth-order valence-corrected chi connectivity index (χ4v) is 3.71. The van der Waals surface area contributed by atoms with E-state index in [0.29, 0.717) is 27.3 Å². The van der Waals surface area contributed by atoms with Gasteiger partial charge in [0.25, 0.3) is 5.91 Å². The number of fused-ring (bicyclic) bond motifs is 1. The molecule has 7 nitrogen and oxygen atoms in total. The number of hydrogen-bond donors (Lipinski definition) is 3. The van der Waals surface area contributed by atoms with E-state index in [1.165, 1.54) is 16.2 Å². The number of anilines is 1. The van der Waals surface area contributed by atoms with Gasteiger partial charge in [-0.1, -0.05) is 23.5 Å². The van der Waals surface area contributed by atoms with Gasteiger partial charge in [-0.15, -0.1) is 0 Å². The minimum absolute atomic E-state index is 0.0880. The van der Waals surface area contributed by atoms with E-state index in [1.807, 2.05) is 0 Å². The molecule has 0 saturated heterocycles. The highest BCUT2D eigenvalue weighted by Gasteiger charge is 2.12. The van der Waals surface area contributed by atoms with Gasteiger partial charge in [-0.25, -0.2) is 4.98 Å². The van der Waals surface area contributed by atoms with Gasteiger partial charge in [0, 0.05) is 19.7 Å². The molecule has 0 aliphatic heterocycles. The predicted octanol–water partition coefficient (Wildman–Crippen LogP) is 2.16. The second-order valence-electron chi connectivity index (χ2n) is 6.55. The molecule has 0 fully saturated rings. The van der Waals surface area contributed by atoms with Crippen molar-refractivity contribution >= 4 is 38.5 Å². The predicted molar refractivity (Wildman–Crippen MR) is 108 cm³/mol. The molecule has 0 aliphatic rings. The summed E-state index contributed by atoms with van der Waals surface area (Å²) in [5.74, 6) is -0.300. The van der Waals surface area contributed by atoms with E-state index in [1.54, 1.807) is 50.5 Å². The molecule has 146 valence electrons. The Kier molecular flexibility index (Phi) is 6.03. The van der Waals surface area contributed by atoms with Gasteiger partial charge >= 0.3 is 0 Å². The largest absolute Gasteiger partial charge is 0.392 e. The van der Waals surface area contributed by atoms with Crippen LogP contribution >= 0.6 is 11.3 Å². The van der Waals surface area contributed by atoms with Gasteiger partial charge in [0.1, 0.15) is 0 Å². The topological polar surface area (TPSA) is 103 Å². The van der Waals surface area contributed by atoms with Gasteiger partial charge in [-0.2, -0.15) is 0 Å². The van der Waals surface area contributed by atoms with E-state index in [4.69, 9.17) is 0 Å². The zero-order valence-electron chi connectivity index (χ0n) is 15.6. The van der Waals surface area contributed by atoms with Crippen molar-refractivity contribution in [1.82, 2.24) is 9.88 Å². The second kappa shape index (κ2) is 8.47.